The molecule has 2 aromatic rings. The van der Waals surface area contributed by atoms with Crippen LogP contribution in [-0.4, -0.2) is 47.9 Å². The predicted molar refractivity (Wildman–Crippen MR) is 101 cm³/mol. The van der Waals surface area contributed by atoms with Crippen molar-refractivity contribution in [2.24, 2.45) is 5.92 Å². The molecule has 1 aliphatic heterocycles. The fourth-order valence-corrected chi connectivity index (χ4v) is 3.85. The molecule has 1 aromatic carbocycles. The Bertz CT molecular complexity index is 908. The lowest BCUT2D eigenvalue weighted by Crippen LogP contribution is -2.37. The third-order valence-corrected chi connectivity index (χ3v) is 5.14. The number of benzene rings is 1. The summed E-state index contributed by atoms with van der Waals surface area (Å²) in [6.45, 7) is 1.71. The fraction of sp³-hybridized carbons (Fsp3) is 0.444. The Hall–Kier alpha value is -2.17. The predicted octanol–water partition coefficient (Wildman–Crippen LogP) is 2.48. The van der Waals surface area contributed by atoms with Gasteiger partial charge in [-0.05, 0) is 24.8 Å². The van der Waals surface area contributed by atoms with Gasteiger partial charge in [0.25, 0.3) is 0 Å². The highest BCUT2D eigenvalue weighted by molar-refractivity contribution is 7.51. The molecule has 0 unspecified atom stereocenters. The molecule has 0 spiro atoms. The number of methoxy groups -OCH3 is 1. The lowest BCUT2D eigenvalue weighted by Gasteiger charge is -2.35. The van der Waals surface area contributed by atoms with Gasteiger partial charge in [0.05, 0.1) is 25.0 Å². The quantitative estimate of drug-likeness (QED) is 0.722. The van der Waals surface area contributed by atoms with Crippen molar-refractivity contribution in [3.63, 3.8) is 0 Å². The monoisotopic (exact) mass is 391 g/mol. The van der Waals surface area contributed by atoms with Crippen LogP contribution in [0.4, 0.5) is 5.69 Å². The average molecular weight is 391 g/mol. The van der Waals surface area contributed by atoms with E-state index >= 15 is 0 Å². The zero-order valence-corrected chi connectivity index (χ0v) is 15.9. The van der Waals surface area contributed by atoms with Crippen LogP contribution in [0, 0.1) is 17.2 Å². The molecule has 1 atom stereocenters. The summed E-state index contributed by atoms with van der Waals surface area (Å²) < 4.78 is 21.6. The van der Waals surface area contributed by atoms with E-state index in [0.717, 1.165) is 30.5 Å². The van der Waals surface area contributed by atoms with Crippen LogP contribution in [0.2, 0.25) is 0 Å². The summed E-state index contributed by atoms with van der Waals surface area (Å²) in [7, 11) is -2.58. The first kappa shape index (κ1) is 19.6. The summed E-state index contributed by atoms with van der Waals surface area (Å²) in [6.07, 6.45) is 2.81. The SMILES string of the molecule is COc1cccc2c(N3CCC[C@H](COCP(=O)(O)O)C3)c(C#N)cnc12. The maximum Gasteiger partial charge on any atom is 0.350 e. The van der Waals surface area contributed by atoms with E-state index in [1.807, 2.05) is 18.2 Å². The molecule has 1 aromatic heterocycles. The smallest absolute Gasteiger partial charge is 0.350 e. The van der Waals surface area contributed by atoms with E-state index in [4.69, 9.17) is 19.3 Å². The van der Waals surface area contributed by atoms with Crippen LogP contribution in [0.3, 0.4) is 0 Å². The second-order valence-electron chi connectivity index (χ2n) is 6.61. The van der Waals surface area contributed by atoms with Crippen molar-refractivity contribution < 1.29 is 23.8 Å². The molecule has 0 saturated carbocycles. The van der Waals surface area contributed by atoms with Crippen molar-refractivity contribution in [3.8, 4) is 11.8 Å². The molecule has 0 bridgehead atoms. The summed E-state index contributed by atoms with van der Waals surface area (Å²) >= 11 is 0. The maximum absolute atomic E-state index is 11.0. The number of ether oxygens (including phenoxy) is 2. The molecular formula is C18H22N3O5P. The van der Waals surface area contributed by atoms with Gasteiger partial charge >= 0.3 is 7.60 Å². The van der Waals surface area contributed by atoms with Gasteiger partial charge in [0.1, 0.15) is 23.7 Å². The van der Waals surface area contributed by atoms with Gasteiger partial charge in [0.15, 0.2) is 0 Å². The Balaban J connectivity index is 1.87. The number of nitriles is 1. The molecule has 1 aliphatic rings. The number of rotatable bonds is 6. The Morgan fingerprint density at radius 3 is 2.96 bits per heavy atom. The Labute approximate surface area is 157 Å². The summed E-state index contributed by atoms with van der Waals surface area (Å²) in [5, 5.41) is 10.4. The molecule has 2 N–H and O–H groups in total. The Morgan fingerprint density at radius 2 is 2.26 bits per heavy atom. The fourth-order valence-electron chi connectivity index (χ4n) is 3.51. The highest BCUT2D eigenvalue weighted by atomic mass is 31.2. The van der Waals surface area contributed by atoms with Crippen LogP contribution < -0.4 is 9.64 Å². The highest BCUT2D eigenvalue weighted by Gasteiger charge is 2.25. The molecule has 9 heteroatoms. The van der Waals surface area contributed by atoms with Gasteiger partial charge in [-0.2, -0.15) is 5.26 Å². The van der Waals surface area contributed by atoms with Crippen LogP contribution in [0.25, 0.3) is 10.9 Å². The number of fused-ring (bicyclic) bond motifs is 1. The molecule has 1 saturated heterocycles. The molecule has 27 heavy (non-hydrogen) atoms. The molecule has 1 fully saturated rings. The maximum atomic E-state index is 11.0. The molecule has 8 nitrogen and oxygen atoms in total. The normalized spacial score (nSPS) is 17.7. The van der Waals surface area contributed by atoms with Crippen LogP contribution in [0.1, 0.15) is 18.4 Å². The van der Waals surface area contributed by atoms with E-state index < -0.39 is 13.9 Å². The lowest BCUT2D eigenvalue weighted by molar-refractivity contribution is 0.114. The molecule has 0 aliphatic carbocycles. The highest BCUT2D eigenvalue weighted by Crippen LogP contribution is 2.37. The van der Waals surface area contributed by atoms with Gasteiger partial charge in [-0.3, -0.25) is 9.55 Å². The molecule has 0 amide bonds. The minimum absolute atomic E-state index is 0.130. The summed E-state index contributed by atoms with van der Waals surface area (Å²) in [5.74, 6) is 0.780. The van der Waals surface area contributed by atoms with Crippen LogP contribution in [-0.2, 0) is 9.30 Å². The van der Waals surface area contributed by atoms with E-state index in [1.165, 1.54) is 0 Å². The van der Waals surface area contributed by atoms with Crippen molar-refractivity contribution in [1.29, 1.82) is 5.26 Å². The number of anilines is 1. The van der Waals surface area contributed by atoms with E-state index in [9.17, 15) is 9.83 Å². The first-order chi connectivity index (χ1) is 12.9. The van der Waals surface area contributed by atoms with Gasteiger partial charge in [0.2, 0.25) is 0 Å². The van der Waals surface area contributed by atoms with Gasteiger partial charge in [-0.1, -0.05) is 12.1 Å². The van der Waals surface area contributed by atoms with Gasteiger partial charge < -0.3 is 24.2 Å². The minimum atomic E-state index is -4.16. The zero-order valence-electron chi connectivity index (χ0n) is 15.0. The van der Waals surface area contributed by atoms with Crippen LogP contribution in [0.15, 0.2) is 24.4 Å². The van der Waals surface area contributed by atoms with Gasteiger partial charge in [-0.15, -0.1) is 0 Å². The molecule has 0 radical (unpaired) electrons. The van der Waals surface area contributed by atoms with Crippen molar-refractivity contribution in [3.05, 3.63) is 30.0 Å². The second kappa shape index (κ2) is 8.24. The third kappa shape index (κ3) is 4.57. The Kier molecular flexibility index (Phi) is 5.98. The number of hydrogen-bond donors (Lipinski definition) is 2. The summed E-state index contributed by atoms with van der Waals surface area (Å²) in [4.78, 5) is 24.4. The zero-order chi connectivity index (χ0) is 19.4. The van der Waals surface area contributed by atoms with E-state index in [1.54, 1.807) is 13.3 Å². The number of pyridine rings is 1. The van der Waals surface area contributed by atoms with Crippen molar-refractivity contribution in [2.45, 2.75) is 12.8 Å². The number of aromatic nitrogens is 1. The molecular weight excluding hydrogens is 369 g/mol. The van der Waals surface area contributed by atoms with Crippen molar-refractivity contribution in [1.82, 2.24) is 4.98 Å². The first-order valence-corrected chi connectivity index (χ1v) is 10.5. The van der Waals surface area contributed by atoms with Crippen LogP contribution in [0.5, 0.6) is 5.75 Å². The summed E-state index contributed by atoms with van der Waals surface area (Å²) in [6, 6.07) is 7.85. The number of hydrogen-bond acceptors (Lipinski definition) is 6. The molecule has 3 rings (SSSR count). The third-order valence-electron chi connectivity index (χ3n) is 4.62. The number of para-hydroxylation sites is 1. The number of piperidine rings is 1. The van der Waals surface area contributed by atoms with Crippen LogP contribution >= 0.6 is 7.60 Å². The number of nitrogens with zero attached hydrogens (tertiary/aromatic N) is 3. The standard InChI is InChI=1S/C18H22N3O5P/c1-25-16-6-2-5-15-17(16)20-9-14(8-19)18(15)21-7-3-4-13(10-21)11-26-12-27(22,23)24/h2,5-6,9,13H,3-4,7,10-12H2,1H3,(H2,22,23,24)/t13-/m0/s1. The largest absolute Gasteiger partial charge is 0.494 e. The average Bonchev–Trinajstić information content (AvgIpc) is 2.65. The van der Waals surface area contributed by atoms with E-state index in [2.05, 4.69) is 16.0 Å². The van der Waals surface area contributed by atoms with E-state index in [-0.39, 0.29) is 12.5 Å². The minimum Gasteiger partial charge on any atom is -0.494 e. The molecule has 144 valence electrons. The van der Waals surface area contributed by atoms with Gasteiger partial charge in [-0.25, -0.2) is 0 Å². The topological polar surface area (TPSA) is 116 Å². The second-order valence-corrected chi connectivity index (χ2v) is 8.20. The van der Waals surface area contributed by atoms with Crippen molar-refractivity contribution >= 4 is 24.2 Å². The first-order valence-electron chi connectivity index (χ1n) is 8.66. The van der Waals surface area contributed by atoms with E-state index in [0.29, 0.717) is 23.4 Å². The lowest BCUT2D eigenvalue weighted by atomic mass is 9.97. The molecule has 2 heterocycles. The summed E-state index contributed by atoms with van der Waals surface area (Å²) in [5.41, 5.74) is 2.02. The van der Waals surface area contributed by atoms with Crippen molar-refractivity contribution in [2.75, 3.05) is 38.1 Å². The van der Waals surface area contributed by atoms with Gasteiger partial charge in [0, 0.05) is 24.7 Å². The Morgan fingerprint density at radius 1 is 1.44 bits per heavy atom.